The number of imide groups is 1. The van der Waals surface area contributed by atoms with E-state index in [-0.39, 0.29) is 43.2 Å². The summed E-state index contributed by atoms with van der Waals surface area (Å²) in [5.74, 6) is -1.41. The van der Waals surface area contributed by atoms with Crippen molar-refractivity contribution < 1.29 is 19.1 Å². The Bertz CT molecular complexity index is 721. The van der Waals surface area contributed by atoms with Gasteiger partial charge < -0.3 is 4.74 Å². The highest BCUT2D eigenvalue weighted by Gasteiger charge is 2.46. The summed E-state index contributed by atoms with van der Waals surface area (Å²) in [4.78, 5) is 37.7. The fourth-order valence-corrected chi connectivity index (χ4v) is 3.62. The first-order chi connectivity index (χ1) is 12.0. The molecule has 1 aliphatic heterocycles. The van der Waals surface area contributed by atoms with Gasteiger partial charge in [0.25, 0.3) is 0 Å². The molecule has 0 unspecified atom stereocenters. The number of carbonyl (C=O) groups excluding carboxylic acids is 3. The molecule has 0 N–H and O–H groups in total. The summed E-state index contributed by atoms with van der Waals surface area (Å²) in [6.07, 6.45) is 5.01. The Hall–Kier alpha value is -1.85. The fourth-order valence-electron chi connectivity index (χ4n) is 3.16. The average molecular weight is 382 g/mol. The number of esters is 1. The Morgan fingerprint density at radius 3 is 2.36 bits per heavy atom. The van der Waals surface area contributed by atoms with E-state index in [1.165, 1.54) is 4.90 Å². The van der Waals surface area contributed by atoms with Crippen LogP contribution in [-0.2, 0) is 25.7 Å². The minimum Gasteiger partial charge on any atom is -0.461 e. The van der Waals surface area contributed by atoms with Gasteiger partial charge in [-0.15, -0.1) is 0 Å². The summed E-state index contributed by atoms with van der Waals surface area (Å²) in [6, 6.07) is 4.92. The number of allylic oxidation sites excluding steroid dienone is 2. The average Bonchev–Trinajstić information content (AvgIpc) is 2.84. The zero-order chi connectivity index (χ0) is 18.0. The number of halogens is 2. The van der Waals surface area contributed by atoms with Crippen LogP contribution in [0.5, 0.6) is 0 Å². The summed E-state index contributed by atoms with van der Waals surface area (Å²) < 4.78 is 5.17. The Morgan fingerprint density at radius 1 is 1.12 bits per heavy atom. The lowest BCUT2D eigenvalue weighted by Crippen LogP contribution is -2.33. The van der Waals surface area contributed by atoms with E-state index in [2.05, 4.69) is 0 Å². The Balaban J connectivity index is 1.51. The second kappa shape index (κ2) is 7.58. The highest BCUT2D eigenvalue weighted by Crippen LogP contribution is 2.35. The molecule has 1 aromatic carbocycles. The van der Waals surface area contributed by atoms with Crippen molar-refractivity contribution in [2.75, 3.05) is 6.54 Å². The second-order valence-electron chi connectivity index (χ2n) is 6.13. The highest BCUT2D eigenvalue weighted by molar-refractivity contribution is 6.35. The topological polar surface area (TPSA) is 63.7 Å². The van der Waals surface area contributed by atoms with Crippen LogP contribution < -0.4 is 0 Å². The first-order valence-electron chi connectivity index (χ1n) is 8.07. The van der Waals surface area contributed by atoms with E-state index in [0.717, 1.165) is 0 Å². The van der Waals surface area contributed by atoms with Gasteiger partial charge in [-0.2, -0.15) is 0 Å². The van der Waals surface area contributed by atoms with E-state index in [4.69, 9.17) is 27.9 Å². The van der Waals surface area contributed by atoms with Crippen LogP contribution in [0.4, 0.5) is 0 Å². The van der Waals surface area contributed by atoms with E-state index < -0.39 is 5.97 Å². The molecule has 2 atom stereocenters. The first-order valence-corrected chi connectivity index (χ1v) is 8.82. The largest absolute Gasteiger partial charge is 0.461 e. The van der Waals surface area contributed by atoms with E-state index in [1.807, 2.05) is 12.2 Å². The number of ether oxygens (including phenoxy) is 1. The van der Waals surface area contributed by atoms with Crippen molar-refractivity contribution in [1.82, 2.24) is 4.90 Å². The zero-order valence-corrected chi connectivity index (χ0v) is 14.9. The van der Waals surface area contributed by atoms with Crippen LogP contribution in [0.15, 0.2) is 30.4 Å². The van der Waals surface area contributed by atoms with Crippen molar-refractivity contribution in [1.29, 1.82) is 0 Å². The van der Waals surface area contributed by atoms with Gasteiger partial charge in [-0.1, -0.05) is 41.4 Å². The number of nitrogens with zero attached hydrogens (tertiary/aromatic N) is 1. The third kappa shape index (κ3) is 3.88. The van der Waals surface area contributed by atoms with Gasteiger partial charge in [0.05, 0.1) is 18.3 Å². The van der Waals surface area contributed by atoms with Gasteiger partial charge in [-0.25, -0.2) is 0 Å². The molecule has 0 spiro atoms. The standard InChI is InChI=1S/C18H17Cl2NO4/c19-12-6-5-11(15(20)9-12)10-25-16(22)7-8-21-17(23)13-3-1-2-4-14(13)18(21)24/h1-2,5-6,9,13-14H,3-4,7-8,10H2/t13-,14+. The molecule has 1 aromatic rings. The maximum atomic E-state index is 12.3. The summed E-state index contributed by atoms with van der Waals surface area (Å²) in [7, 11) is 0. The van der Waals surface area contributed by atoms with E-state index in [0.29, 0.717) is 28.5 Å². The summed E-state index contributed by atoms with van der Waals surface area (Å²) in [6.45, 7) is 0.0732. The van der Waals surface area contributed by atoms with Gasteiger partial charge in [0.15, 0.2) is 0 Å². The quantitative estimate of drug-likeness (QED) is 0.445. The molecule has 25 heavy (non-hydrogen) atoms. The van der Waals surface area contributed by atoms with Gasteiger partial charge >= 0.3 is 5.97 Å². The third-order valence-corrected chi connectivity index (χ3v) is 5.13. The molecule has 1 aliphatic carbocycles. The van der Waals surface area contributed by atoms with Gasteiger partial charge in [0.1, 0.15) is 6.61 Å². The van der Waals surface area contributed by atoms with Crippen molar-refractivity contribution in [3.05, 3.63) is 46.0 Å². The normalized spacial score (nSPS) is 22.2. The van der Waals surface area contributed by atoms with Gasteiger partial charge in [-0.05, 0) is 25.0 Å². The maximum absolute atomic E-state index is 12.3. The molecule has 3 rings (SSSR count). The van der Waals surface area contributed by atoms with Crippen LogP contribution in [0.1, 0.15) is 24.8 Å². The number of likely N-dealkylation sites (tertiary alicyclic amines) is 1. The number of benzene rings is 1. The van der Waals surface area contributed by atoms with Gasteiger partial charge in [0, 0.05) is 22.2 Å². The number of rotatable bonds is 5. The predicted octanol–water partition coefficient (Wildman–Crippen LogP) is 3.38. The molecule has 0 saturated carbocycles. The molecule has 1 fully saturated rings. The molecule has 1 heterocycles. The summed E-state index contributed by atoms with van der Waals surface area (Å²) in [5.41, 5.74) is 0.643. The first kappa shape index (κ1) is 18.0. The predicted molar refractivity (Wildman–Crippen MR) is 92.9 cm³/mol. The molecule has 1 saturated heterocycles. The van der Waals surface area contributed by atoms with Crippen molar-refractivity contribution >= 4 is 41.0 Å². The molecule has 0 radical (unpaired) electrons. The van der Waals surface area contributed by atoms with Crippen molar-refractivity contribution in [3.8, 4) is 0 Å². The van der Waals surface area contributed by atoms with Crippen molar-refractivity contribution in [2.45, 2.75) is 25.9 Å². The van der Waals surface area contributed by atoms with Crippen molar-refractivity contribution in [2.24, 2.45) is 11.8 Å². The van der Waals surface area contributed by atoms with Crippen LogP contribution in [0, 0.1) is 11.8 Å². The summed E-state index contributed by atoms with van der Waals surface area (Å²) >= 11 is 11.8. The van der Waals surface area contributed by atoms with Crippen LogP contribution >= 0.6 is 23.2 Å². The second-order valence-corrected chi connectivity index (χ2v) is 6.97. The lowest BCUT2D eigenvalue weighted by Gasteiger charge is -2.14. The molecular weight excluding hydrogens is 365 g/mol. The van der Waals surface area contributed by atoms with Gasteiger partial charge in [-0.3, -0.25) is 19.3 Å². The smallest absolute Gasteiger partial charge is 0.307 e. The van der Waals surface area contributed by atoms with Crippen LogP contribution in [0.3, 0.4) is 0 Å². The number of amides is 2. The highest BCUT2D eigenvalue weighted by atomic mass is 35.5. The minimum absolute atomic E-state index is 0.0197. The Morgan fingerprint density at radius 2 is 1.76 bits per heavy atom. The van der Waals surface area contributed by atoms with Crippen LogP contribution in [-0.4, -0.2) is 29.2 Å². The molecule has 132 valence electrons. The molecule has 2 aliphatic rings. The molecule has 5 nitrogen and oxygen atoms in total. The molecule has 0 bridgehead atoms. The van der Waals surface area contributed by atoms with Crippen LogP contribution in [0.25, 0.3) is 0 Å². The van der Waals surface area contributed by atoms with E-state index in [1.54, 1.807) is 18.2 Å². The Labute approximate surface area is 155 Å². The van der Waals surface area contributed by atoms with E-state index >= 15 is 0 Å². The van der Waals surface area contributed by atoms with Crippen molar-refractivity contribution in [3.63, 3.8) is 0 Å². The number of carbonyl (C=O) groups is 3. The van der Waals surface area contributed by atoms with E-state index in [9.17, 15) is 14.4 Å². The zero-order valence-electron chi connectivity index (χ0n) is 13.4. The SMILES string of the molecule is O=C(CCN1C(=O)[C@H]2CC=CC[C@H]2C1=O)OCc1ccc(Cl)cc1Cl. The third-order valence-electron chi connectivity index (χ3n) is 4.54. The molecule has 0 aromatic heterocycles. The Kier molecular flexibility index (Phi) is 5.45. The molecule has 2 amide bonds. The minimum atomic E-state index is -0.486. The van der Waals surface area contributed by atoms with Gasteiger partial charge in [0.2, 0.25) is 11.8 Å². The number of hydrogen-bond donors (Lipinski definition) is 0. The van der Waals surface area contributed by atoms with Crippen LogP contribution in [0.2, 0.25) is 10.0 Å². The molecule has 7 heteroatoms. The lowest BCUT2D eigenvalue weighted by atomic mass is 9.85. The number of hydrogen-bond acceptors (Lipinski definition) is 4. The summed E-state index contributed by atoms with van der Waals surface area (Å²) in [5, 5.41) is 0.920. The number of fused-ring (bicyclic) bond motifs is 1. The fraction of sp³-hybridized carbons (Fsp3) is 0.389. The monoisotopic (exact) mass is 381 g/mol. The maximum Gasteiger partial charge on any atom is 0.307 e. The molecular formula is C18H17Cl2NO4. The lowest BCUT2D eigenvalue weighted by molar-refractivity contribution is -0.146.